The van der Waals surface area contributed by atoms with Crippen molar-refractivity contribution < 1.29 is 0 Å². The molecule has 0 saturated heterocycles. The van der Waals surface area contributed by atoms with Crippen LogP contribution in [-0.4, -0.2) is 13.1 Å². The molecule has 20 heavy (non-hydrogen) atoms. The summed E-state index contributed by atoms with van der Waals surface area (Å²) in [5.74, 6) is 0. The Morgan fingerprint density at radius 3 is 2.20 bits per heavy atom. The molecule has 104 valence electrons. The predicted molar refractivity (Wildman–Crippen MR) is 86.5 cm³/mol. The number of hydrogen-bond donors (Lipinski definition) is 2. The van der Waals surface area contributed by atoms with Gasteiger partial charge < -0.3 is 11.1 Å². The van der Waals surface area contributed by atoms with Crippen LogP contribution in [0.5, 0.6) is 0 Å². The number of nitrogens with two attached hydrogens (primary N) is 1. The molecule has 2 nitrogen and oxygen atoms in total. The smallest absolute Gasteiger partial charge is 0.0447 e. The van der Waals surface area contributed by atoms with Crippen molar-refractivity contribution in [1.82, 2.24) is 5.32 Å². The standard InChI is InChI=1S/C18H22N2/c1-14(2)13-20-18(12-19)17-10-8-16(9-11-17)15-6-4-3-5-7-15/h3-11,18,20H,1,12-13,19H2,2H3. The topological polar surface area (TPSA) is 38.0 Å². The summed E-state index contributed by atoms with van der Waals surface area (Å²) in [5.41, 5.74) is 10.6. The van der Waals surface area contributed by atoms with Crippen LogP contribution in [0.15, 0.2) is 66.7 Å². The molecule has 0 saturated carbocycles. The largest absolute Gasteiger partial charge is 0.329 e. The zero-order chi connectivity index (χ0) is 14.4. The molecule has 2 heteroatoms. The van der Waals surface area contributed by atoms with Crippen LogP contribution in [-0.2, 0) is 0 Å². The SMILES string of the molecule is C=C(C)CNC(CN)c1ccc(-c2ccccc2)cc1. The molecule has 1 unspecified atom stereocenters. The lowest BCUT2D eigenvalue weighted by atomic mass is 10.0. The van der Waals surface area contributed by atoms with E-state index >= 15 is 0 Å². The molecule has 0 aliphatic heterocycles. The molecule has 0 spiro atoms. The molecule has 0 amide bonds. The molecule has 2 aromatic carbocycles. The minimum Gasteiger partial charge on any atom is -0.329 e. The molecule has 0 aliphatic carbocycles. The number of hydrogen-bond acceptors (Lipinski definition) is 2. The minimum atomic E-state index is 0.177. The molecule has 2 aromatic rings. The lowest BCUT2D eigenvalue weighted by molar-refractivity contribution is 0.570. The van der Waals surface area contributed by atoms with Gasteiger partial charge in [0.05, 0.1) is 0 Å². The fourth-order valence-electron chi connectivity index (χ4n) is 2.17. The highest BCUT2D eigenvalue weighted by molar-refractivity contribution is 5.63. The van der Waals surface area contributed by atoms with E-state index < -0.39 is 0 Å². The third-order valence-corrected chi connectivity index (χ3v) is 3.31. The highest BCUT2D eigenvalue weighted by Gasteiger charge is 2.08. The second-order valence-corrected chi connectivity index (χ2v) is 5.11. The molecule has 0 fully saturated rings. The fraction of sp³-hybridized carbons (Fsp3) is 0.222. The maximum absolute atomic E-state index is 5.85. The van der Waals surface area contributed by atoms with Crippen molar-refractivity contribution in [3.8, 4) is 11.1 Å². The summed E-state index contributed by atoms with van der Waals surface area (Å²) >= 11 is 0. The maximum Gasteiger partial charge on any atom is 0.0447 e. The van der Waals surface area contributed by atoms with E-state index in [0.717, 1.165) is 12.1 Å². The van der Waals surface area contributed by atoms with Gasteiger partial charge in [0.1, 0.15) is 0 Å². The Labute approximate surface area is 121 Å². The van der Waals surface area contributed by atoms with E-state index in [0.29, 0.717) is 6.54 Å². The minimum absolute atomic E-state index is 0.177. The first-order valence-electron chi connectivity index (χ1n) is 6.94. The molecule has 0 radical (unpaired) electrons. The van der Waals surface area contributed by atoms with Gasteiger partial charge in [0.2, 0.25) is 0 Å². The van der Waals surface area contributed by atoms with Crippen LogP contribution in [0.3, 0.4) is 0 Å². The van der Waals surface area contributed by atoms with E-state index in [1.165, 1.54) is 16.7 Å². The summed E-state index contributed by atoms with van der Waals surface area (Å²) < 4.78 is 0. The average molecular weight is 266 g/mol. The predicted octanol–water partition coefficient (Wildman–Crippen LogP) is 3.52. The van der Waals surface area contributed by atoms with Gasteiger partial charge in [-0.2, -0.15) is 0 Å². The van der Waals surface area contributed by atoms with Crippen molar-refractivity contribution in [3.05, 3.63) is 72.3 Å². The monoisotopic (exact) mass is 266 g/mol. The summed E-state index contributed by atoms with van der Waals surface area (Å²) in [6.45, 7) is 7.29. The third-order valence-electron chi connectivity index (χ3n) is 3.31. The molecule has 0 heterocycles. The van der Waals surface area contributed by atoms with Crippen molar-refractivity contribution in [2.45, 2.75) is 13.0 Å². The van der Waals surface area contributed by atoms with Crippen molar-refractivity contribution in [2.24, 2.45) is 5.73 Å². The first-order chi connectivity index (χ1) is 9.70. The van der Waals surface area contributed by atoms with Crippen LogP contribution in [0, 0.1) is 0 Å². The molecule has 1 atom stereocenters. The van der Waals surface area contributed by atoms with E-state index in [4.69, 9.17) is 5.73 Å². The van der Waals surface area contributed by atoms with Gasteiger partial charge in [0.25, 0.3) is 0 Å². The Hall–Kier alpha value is -1.90. The van der Waals surface area contributed by atoms with Crippen LogP contribution >= 0.6 is 0 Å². The molecule has 3 N–H and O–H groups in total. The highest BCUT2D eigenvalue weighted by Crippen LogP contribution is 2.21. The molecular formula is C18H22N2. The van der Waals surface area contributed by atoms with Gasteiger partial charge in [0.15, 0.2) is 0 Å². The highest BCUT2D eigenvalue weighted by atomic mass is 14.9. The summed E-state index contributed by atoms with van der Waals surface area (Å²) in [4.78, 5) is 0. The first kappa shape index (κ1) is 14.5. The Morgan fingerprint density at radius 1 is 1.05 bits per heavy atom. The Balaban J connectivity index is 2.12. The summed E-state index contributed by atoms with van der Waals surface area (Å²) in [5, 5.41) is 3.42. The van der Waals surface area contributed by atoms with E-state index in [1.807, 2.05) is 13.0 Å². The summed E-state index contributed by atoms with van der Waals surface area (Å²) in [6.07, 6.45) is 0. The van der Waals surface area contributed by atoms with Crippen LogP contribution in [0.25, 0.3) is 11.1 Å². The third kappa shape index (κ3) is 3.80. The van der Waals surface area contributed by atoms with Gasteiger partial charge in [-0.25, -0.2) is 0 Å². The van der Waals surface area contributed by atoms with Gasteiger partial charge in [0, 0.05) is 19.1 Å². The van der Waals surface area contributed by atoms with Crippen molar-refractivity contribution in [2.75, 3.05) is 13.1 Å². The van der Waals surface area contributed by atoms with Crippen LogP contribution in [0.2, 0.25) is 0 Å². The Bertz CT molecular complexity index is 543. The molecule has 0 aromatic heterocycles. The molecular weight excluding hydrogens is 244 g/mol. The van der Waals surface area contributed by atoms with Crippen molar-refractivity contribution in [3.63, 3.8) is 0 Å². The van der Waals surface area contributed by atoms with Crippen molar-refractivity contribution >= 4 is 0 Å². The molecule has 0 aliphatic rings. The second-order valence-electron chi connectivity index (χ2n) is 5.11. The van der Waals surface area contributed by atoms with E-state index in [1.54, 1.807) is 0 Å². The fourth-order valence-corrected chi connectivity index (χ4v) is 2.17. The van der Waals surface area contributed by atoms with Crippen LogP contribution in [0.4, 0.5) is 0 Å². The van der Waals surface area contributed by atoms with E-state index in [2.05, 4.69) is 60.4 Å². The quantitative estimate of drug-likeness (QED) is 0.785. The molecule has 0 bridgehead atoms. The van der Waals surface area contributed by atoms with Gasteiger partial charge in [-0.3, -0.25) is 0 Å². The maximum atomic E-state index is 5.85. The van der Waals surface area contributed by atoms with Gasteiger partial charge in [-0.05, 0) is 23.6 Å². The number of benzene rings is 2. The van der Waals surface area contributed by atoms with Gasteiger partial charge >= 0.3 is 0 Å². The number of nitrogens with one attached hydrogen (secondary N) is 1. The van der Waals surface area contributed by atoms with Crippen LogP contribution in [0.1, 0.15) is 18.5 Å². The number of rotatable bonds is 6. The lowest BCUT2D eigenvalue weighted by Gasteiger charge is -2.17. The zero-order valence-electron chi connectivity index (χ0n) is 12.0. The Kier molecular flexibility index (Phi) is 5.10. The van der Waals surface area contributed by atoms with E-state index in [-0.39, 0.29) is 6.04 Å². The van der Waals surface area contributed by atoms with E-state index in [9.17, 15) is 0 Å². The first-order valence-corrected chi connectivity index (χ1v) is 6.94. The summed E-state index contributed by atoms with van der Waals surface area (Å²) in [7, 11) is 0. The Morgan fingerprint density at radius 2 is 1.65 bits per heavy atom. The lowest BCUT2D eigenvalue weighted by Crippen LogP contribution is -2.29. The van der Waals surface area contributed by atoms with Gasteiger partial charge in [-0.15, -0.1) is 0 Å². The summed E-state index contributed by atoms with van der Waals surface area (Å²) in [6, 6.07) is 19.1. The van der Waals surface area contributed by atoms with Crippen LogP contribution < -0.4 is 11.1 Å². The normalized spacial score (nSPS) is 12.1. The van der Waals surface area contributed by atoms with Gasteiger partial charge in [-0.1, -0.05) is 66.7 Å². The zero-order valence-corrected chi connectivity index (χ0v) is 12.0. The molecule has 2 rings (SSSR count). The average Bonchev–Trinajstić information content (AvgIpc) is 2.49. The van der Waals surface area contributed by atoms with Crippen molar-refractivity contribution in [1.29, 1.82) is 0 Å². The second kappa shape index (κ2) is 7.04.